The molecule has 1 fully saturated rings. The first-order valence-electron chi connectivity index (χ1n) is 8.22. The topological polar surface area (TPSA) is 38.7 Å². The second-order valence-electron chi connectivity index (χ2n) is 5.46. The molecule has 20 heavy (non-hydrogen) atoms. The molecule has 0 saturated carbocycles. The molecule has 116 valence electrons. The number of unbranched alkanes of at least 4 members (excludes halogenated alkanes) is 4. The monoisotopic (exact) mass is 282 g/mol. The third-order valence-electron chi connectivity index (χ3n) is 3.49. The summed E-state index contributed by atoms with van der Waals surface area (Å²) in [7, 11) is 0. The minimum absolute atomic E-state index is 0.0226. The van der Waals surface area contributed by atoms with Crippen LogP contribution in [0, 0.1) is 11.8 Å². The van der Waals surface area contributed by atoms with Gasteiger partial charge in [0.15, 0.2) is 6.29 Å². The van der Waals surface area contributed by atoms with Crippen LogP contribution >= 0.6 is 0 Å². The molecule has 0 aliphatic carbocycles. The van der Waals surface area contributed by atoms with Gasteiger partial charge in [-0.3, -0.25) is 0 Å². The summed E-state index contributed by atoms with van der Waals surface area (Å²) in [5, 5.41) is 9.73. The largest absolute Gasteiger partial charge is 0.380 e. The predicted octanol–water partition coefficient (Wildman–Crippen LogP) is 3.64. The molecule has 0 aromatic carbocycles. The first-order valence-corrected chi connectivity index (χ1v) is 8.22. The Balaban J connectivity index is 1.93. The lowest BCUT2D eigenvalue weighted by Crippen LogP contribution is -2.22. The van der Waals surface area contributed by atoms with Crippen LogP contribution in [0.4, 0.5) is 0 Å². The first kappa shape index (κ1) is 17.5. The van der Waals surface area contributed by atoms with Crippen molar-refractivity contribution in [2.75, 3.05) is 13.2 Å². The van der Waals surface area contributed by atoms with Crippen molar-refractivity contribution in [2.45, 2.75) is 83.5 Å². The first-order chi connectivity index (χ1) is 9.83. The maximum absolute atomic E-state index is 9.73. The van der Waals surface area contributed by atoms with E-state index < -0.39 is 6.10 Å². The van der Waals surface area contributed by atoms with E-state index in [-0.39, 0.29) is 6.29 Å². The molecule has 0 radical (unpaired) electrons. The Morgan fingerprint density at radius 1 is 1.25 bits per heavy atom. The number of aliphatic hydroxyl groups excluding tert-OH is 1. The van der Waals surface area contributed by atoms with Gasteiger partial charge in [-0.15, -0.1) is 5.92 Å². The molecule has 2 atom stereocenters. The van der Waals surface area contributed by atoms with Crippen LogP contribution in [0.3, 0.4) is 0 Å². The van der Waals surface area contributed by atoms with Crippen LogP contribution in [0.5, 0.6) is 0 Å². The molecule has 1 saturated heterocycles. The summed E-state index contributed by atoms with van der Waals surface area (Å²) in [5.41, 5.74) is 0. The molecule has 0 spiro atoms. The molecule has 3 nitrogen and oxygen atoms in total. The van der Waals surface area contributed by atoms with Crippen molar-refractivity contribution in [3.05, 3.63) is 0 Å². The highest BCUT2D eigenvalue weighted by atomic mass is 16.7. The number of aliphatic hydroxyl groups is 1. The van der Waals surface area contributed by atoms with E-state index in [1.807, 2.05) is 0 Å². The molecule has 1 aliphatic heterocycles. The molecule has 1 N–H and O–H groups in total. The van der Waals surface area contributed by atoms with Gasteiger partial charge < -0.3 is 14.6 Å². The van der Waals surface area contributed by atoms with Crippen LogP contribution < -0.4 is 0 Å². The zero-order valence-corrected chi connectivity index (χ0v) is 12.9. The van der Waals surface area contributed by atoms with E-state index in [4.69, 9.17) is 9.47 Å². The van der Waals surface area contributed by atoms with Gasteiger partial charge in [0.05, 0.1) is 0 Å². The van der Waals surface area contributed by atoms with Crippen LogP contribution in [0.25, 0.3) is 0 Å². The van der Waals surface area contributed by atoms with Gasteiger partial charge in [0.2, 0.25) is 0 Å². The molecule has 2 unspecified atom stereocenters. The molecule has 3 heteroatoms. The van der Waals surface area contributed by atoms with Gasteiger partial charge in [-0.05, 0) is 38.5 Å². The number of hydrogen-bond acceptors (Lipinski definition) is 3. The summed E-state index contributed by atoms with van der Waals surface area (Å²) in [6.45, 7) is 3.67. The fourth-order valence-corrected chi connectivity index (χ4v) is 2.24. The molecule has 0 amide bonds. The van der Waals surface area contributed by atoms with Crippen LogP contribution in [0.15, 0.2) is 0 Å². The van der Waals surface area contributed by atoms with Crippen molar-refractivity contribution in [1.29, 1.82) is 0 Å². The fraction of sp³-hybridized carbons (Fsp3) is 0.882. The van der Waals surface area contributed by atoms with Crippen molar-refractivity contribution >= 4 is 0 Å². The SMILES string of the molecule is CCCCCCC#CC(O)CCCOC1CCCCO1. The van der Waals surface area contributed by atoms with E-state index >= 15 is 0 Å². The summed E-state index contributed by atoms with van der Waals surface area (Å²) in [6, 6.07) is 0. The quantitative estimate of drug-likeness (QED) is 0.518. The van der Waals surface area contributed by atoms with E-state index in [9.17, 15) is 5.11 Å². The summed E-state index contributed by atoms with van der Waals surface area (Å²) >= 11 is 0. The van der Waals surface area contributed by atoms with Gasteiger partial charge >= 0.3 is 0 Å². The average Bonchev–Trinajstić information content (AvgIpc) is 2.48. The summed E-state index contributed by atoms with van der Waals surface area (Å²) < 4.78 is 11.1. The second kappa shape index (κ2) is 12.2. The maximum Gasteiger partial charge on any atom is 0.157 e. The van der Waals surface area contributed by atoms with Gasteiger partial charge in [0, 0.05) is 19.6 Å². The van der Waals surface area contributed by atoms with Crippen LogP contribution in [0.1, 0.15) is 71.1 Å². The van der Waals surface area contributed by atoms with Gasteiger partial charge in [-0.2, -0.15) is 0 Å². The lowest BCUT2D eigenvalue weighted by Gasteiger charge is -2.22. The van der Waals surface area contributed by atoms with Crippen molar-refractivity contribution in [3.63, 3.8) is 0 Å². The second-order valence-corrected chi connectivity index (χ2v) is 5.46. The Morgan fingerprint density at radius 2 is 2.15 bits per heavy atom. The zero-order chi connectivity index (χ0) is 14.5. The standard InChI is InChI=1S/C17H30O3/c1-2-3-4-5-6-7-11-16(18)12-10-15-20-17-13-8-9-14-19-17/h16-18H,2-6,8-10,12-15H2,1H3. The molecule has 1 aliphatic rings. The third-order valence-corrected chi connectivity index (χ3v) is 3.49. The normalized spacial score (nSPS) is 20.2. The molecule has 1 rings (SSSR count). The smallest absolute Gasteiger partial charge is 0.157 e. The Kier molecular flexibility index (Phi) is 10.7. The van der Waals surface area contributed by atoms with E-state index in [1.165, 1.54) is 25.7 Å². The predicted molar refractivity (Wildman–Crippen MR) is 81.3 cm³/mol. The van der Waals surface area contributed by atoms with Gasteiger partial charge in [0.1, 0.15) is 6.10 Å². The van der Waals surface area contributed by atoms with E-state index in [1.54, 1.807) is 0 Å². The minimum atomic E-state index is -0.503. The zero-order valence-electron chi connectivity index (χ0n) is 12.9. The molecular weight excluding hydrogens is 252 g/mol. The number of rotatable bonds is 9. The molecule has 1 heterocycles. The lowest BCUT2D eigenvalue weighted by molar-refractivity contribution is -0.163. The van der Waals surface area contributed by atoms with E-state index in [0.717, 1.165) is 38.7 Å². The average molecular weight is 282 g/mol. The Bertz CT molecular complexity index is 274. The van der Waals surface area contributed by atoms with Gasteiger partial charge in [0.25, 0.3) is 0 Å². The molecule has 0 aromatic rings. The highest BCUT2D eigenvalue weighted by molar-refractivity contribution is 5.04. The fourth-order valence-electron chi connectivity index (χ4n) is 2.24. The van der Waals surface area contributed by atoms with Gasteiger partial charge in [-0.1, -0.05) is 32.1 Å². The number of hydrogen-bond donors (Lipinski definition) is 1. The minimum Gasteiger partial charge on any atom is -0.380 e. The van der Waals surface area contributed by atoms with Crippen molar-refractivity contribution < 1.29 is 14.6 Å². The molecule has 0 bridgehead atoms. The highest BCUT2D eigenvalue weighted by Gasteiger charge is 2.13. The molecule has 0 aromatic heterocycles. The third kappa shape index (κ3) is 9.36. The van der Waals surface area contributed by atoms with Crippen molar-refractivity contribution in [3.8, 4) is 11.8 Å². The number of ether oxygens (including phenoxy) is 2. The summed E-state index contributed by atoms with van der Waals surface area (Å²) in [6.07, 6.45) is 10.2. The van der Waals surface area contributed by atoms with E-state index in [2.05, 4.69) is 18.8 Å². The highest BCUT2D eigenvalue weighted by Crippen LogP contribution is 2.14. The molecular formula is C17H30O3. The Labute approximate surface area is 124 Å². The summed E-state index contributed by atoms with van der Waals surface area (Å²) in [5.74, 6) is 5.99. The van der Waals surface area contributed by atoms with Crippen molar-refractivity contribution in [2.24, 2.45) is 0 Å². The summed E-state index contributed by atoms with van der Waals surface area (Å²) in [4.78, 5) is 0. The maximum atomic E-state index is 9.73. The van der Waals surface area contributed by atoms with Crippen LogP contribution in [-0.2, 0) is 9.47 Å². The Morgan fingerprint density at radius 3 is 2.90 bits per heavy atom. The lowest BCUT2D eigenvalue weighted by atomic mass is 10.1. The van der Waals surface area contributed by atoms with E-state index in [0.29, 0.717) is 13.0 Å². The Hall–Kier alpha value is -0.560. The van der Waals surface area contributed by atoms with Crippen LogP contribution in [0.2, 0.25) is 0 Å². The van der Waals surface area contributed by atoms with Gasteiger partial charge in [-0.25, -0.2) is 0 Å². The van der Waals surface area contributed by atoms with Crippen molar-refractivity contribution in [1.82, 2.24) is 0 Å². The van der Waals surface area contributed by atoms with Crippen LogP contribution in [-0.4, -0.2) is 30.7 Å².